The van der Waals surface area contributed by atoms with Gasteiger partial charge in [0.2, 0.25) is 16.0 Å². The maximum atomic E-state index is 14.1. The number of carbonyl (C=O) groups excluding carboxylic acids is 1. The third-order valence-corrected chi connectivity index (χ3v) is 9.00. The molecule has 1 aliphatic carbocycles. The normalized spacial score (nSPS) is 20.0. The van der Waals surface area contributed by atoms with Crippen molar-refractivity contribution >= 4 is 49.3 Å². The van der Waals surface area contributed by atoms with E-state index in [1.54, 1.807) is 4.31 Å². The summed E-state index contributed by atoms with van der Waals surface area (Å²) in [6.07, 6.45) is 6.45. The number of sulfonamides is 1. The van der Waals surface area contributed by atoms with Crippen molar-refractivity contribution < 1.29 is 17.6 Å². The van der Waals surface area contributed by atoms with Crippen molar-refractivity contribution in [3.63, 3.8) is 0 Å². The number of nitrogens with one attached hydrogen (secondary N) is 2. The van der Waals surface area contributed by atoms with E-state index in [9.17, 15) is 17.6 Å². The Morgan fingerprint density at radius 1 is 1.21 bits per heavy atom. The molecule has 0 spiro atoms. The van der Waals surface area contributed by atoms with Crippen LogP contribution in [-0.4, -0.2) is 53.0 Å². The summed E-state index contributed by atoms with van der Waals surface area (Å²) in [7, 11) is -3.31. The average molecular weight is 541 g/mol. The lowest BCUT2D eigenvalue weighted by Gasteiger charge is -2.34. The Hall–Kier alpha value is -2.31. The molecule has 2 aromatic rings. The number of benzene rings is 1. The van der Waals surface area contributed by atoms with Crippen LogP contribution in [0.15, 0.2) is 28.9 Å². The summed E-state index contributed by atoms with van der Waals surface area (Å²) < 4.78 is 42.1. The molecular weight excluding hydrogens is 515 g/mol. The lowest BCUT2D eigenvalue weighted by Crippen LogP contribution is -2.48. The molecule has 33 heavy (non-hydrogen) atoms. The lowest BCUT2D eigenvalue weighted by molar-refractivity contribution is 0.0997. The first-order chi connectivity index (χ1) is 15.8. The van der Waals surface area contributed by atoms with E-state index in [2.05, 4.69) is 36.5 Å². The molecule has 178 valence electrons. The Morgan fingerprint density at radius 3 is 2.70 bits per heavy atom. The maximum Gasteiger partial charge on any atom is 0.253 e. The molecule has 1 saturated carbocycles. The van der Waals surface area contributed by atoms with Crippen LogP contribution in [0.2, 0.25) is 0 Å². The van der Waals surface area contributed by atoms with Gasteiger partial charge in [0.15, 0.2) is 0 Å². The molecule has 4 N–H and O–H groups in total. The minimum atomic E-state index is -3.31. The second-order valence-electron chi connectivity index (χ2n) is 8.33. The average Bonchev–Trinajstić information content (AvgIpc) is 3.32. The highest BCUT2D eigenvalue weighted by atomic mass is 79.9. The highest BCUT2D eigenvalue weighted by Gasteiger charge is 2.36. The fourth-order valence-electron chi connectivity index (χ4n) is 4.40. The van der Waals surface area contributed by atoms with Crippen molar-refractivity contribution in [2.45, 2.75) is 49.8 Å². The van der Waals surface area contributed by atoms with Crippen molar-refractivity contribution in [2.24, 2.45) is 5.73 Å². The second-order valence-corrected chi connectivity index (χ2v) is 11.4. The number of carbonyl (C=O) groups is 1. The predicted molar refractivity (Wildman–Crippen MR) is 127 cm³/mol. The first-order valence-corrected chi connectivity index (χ1v) is 13.2. The van der Waals surface area contributed by atoms with Gasteiger partial charge in [0.25, 0.3) is 5.91 Å². The fraction of sp³-hybridized carbons (Fsp3) is 0.476. The smallest absolute Gasteiger partial charge is 0.253 e. The molecule has 1 aromatic heterocycles. The molecule has 2 aliphatic rings. The summed E-state index contributed by atoms with van der Waals surface area (Å²) in [4.78, 5) is 20.4. The number of hydrogen-bond donors (Lipinski definition) is 3. The molecule has 1 saturated heterocycles. The Balaban J connectivity index is 1.49. The van der Waals surface area contributed by atoms with Gasteiger partial charge in [-0.15, -0.1) is 0 Å². The van der Waals surface area contributed by atoms with Crippen molar-refractivity contribution in [1.82, 2.24) is 14.3 Å². The van der Waals surface area contributed by atoms with Crippen LogP contribution in [0.25, 0.3) is 0 Å². The van der Waals surface area contributed by atoms with Gasteiger partial charge in [0, 0.05) is 25.3 Å². The Labute approximate surface area is 200 Å². The molecular formula is C21H26BrFN6O3S. The van der Waals surface area contributed by atoms with E-state index in [1.807, 2.05) is 0 Å². The molecule has 1 aliphatic heterocycles. The molecule has 2 heterocycles. The quantitative estimate of drug-likeness (QED) is 0.490. The number of rotatable bonds is 7. The zero-order valence-electron chi connectivity index (χ0n) is 17.9. The van der Waals surface area contributed by atoms with Gasteiger partial charge in [-0.3, -0.25) is 4.79 Å². The van der Waals surface area contributed by atoms with Gasteiger partial charge < -0.3 is 16.4 Å². The van der Waals surface area contributed by atoms with E-state index in [0.29, 0.717) is 29.3 Å². The maximum absolute atomic E-state index is 14.1. The van der Waals surface area contributed by atoms with Gasteiger partial charge in [-0.25, -0.2) is 17.8 Å². The van der Waals surface area contributed by atoms with E-state index in [0.717, 1.165) is 44.6 Å². The summed E-state index contributed by atoms with van der Waals surface area (Å²) in [5.74, 6) is -1.03. The van der Waals surface area contributed by atoms with Gasteiger partial charge in [0.1, 0.15) is 11.6 Å². The molecule has 0 radical (unpaired) electrons. The van der Waals surface area contributed by atoms with Crippen LogP contribution in [0.5, 0.6) is 0 Å². The molecule has 9 nitrogen and oxygen atoms in total. The molecule has 4 rings (SSSR count). The van der Waals surface area contributed by atoms with Crippen LogP contribution >= 0.6 is 15.9 Å². The van der Waals surface area contributed by atoms with E-state index in [1.165, 1.54) is 18.3 Å². The Bertz CT molecular complexity index is 1140. The number of nitrogens with zero attached hydrogens (tertiary/aromatic N) is 3. The van der Waals surface area contributed by atoms with E-state index < -0.39 is 21.7 Å². The van der Waals surface area contributed by atoms with Gasteiger partial charge >= 0.3 is 0 Å². The van der Waals surface area contributed by atoms with Crippen LogP contribution in [0, 0.1) is 5.82 Å². The third-order valence-electron chi connectivity index (χ3n) is 6.06. The highest BCUT2D eigenvalue weighted by Crippen LogP contribution is 2.30. The Kier molecular flexibility index (Phi) is 7.15. The zero-order chi connectivity index (χ0) is 23.6. The van der Waals surface area contributed by atoms with Crippen molar-refractivity contribution in [2.75, 3.05) is 23.7 Å². The molecule has 12 heteroatoms. The summed E-state index contributed by atoms with van der Waals surface area (Å²) >= 11 is 3.35. The molecule has 2 fully saturated rings. The molecule has 0 bridgehead atoms. The minimum Gasteiger partial charge on any atom is -0.365 e. The van der Waals surface area contributed by atoms with Crippen molar-refractivity contribution in [3.05, 3.63) is 40.2 Å². The minimum absolute atomic E-state index is 0.140. The first-order valence-electron chi connectivity index (χ1n) is 10.9. The number of halogens is 2. The third kappa shape index (κ3) is 5.28. The summed E-state index contributed by atoms with van der Waals surface area (Å²) in [5.41, 5.74) is 5.24. The second kappa shape index (κ2) is 9.90. The molecule has 1 aromatic carbocycles. The SMILES string of the molecule is NC(=O)c1c(F)cccc1Nc1nc(N[C@@H]2CCCN(S(=O)(=O)C3CCCC3)C2)ncc1Br. The topological polar surface area (TPSA) is 130 Å². The first kappa shape index (κ1) is 23.8. The van der Waals surface area contributed by atoms with Gasteiger partial charge in [-0.2, -0.15) is 9.29 Å². The molecule has 1 atom stereocenters. The predicted octanol–water partition coefficient (Wildman–Crippen LogP) is 3.37. The fourth-order valence-corrected chi connectivity index (χ4v) is 6.81. The summed E-state index contributed by atoms with van der Waals surface area (Å²) in [5, 5.41) is 5.87. The number of amides is 1. The van der Waals surface area contributed by atoms with Crippen LogP contribution in [0.1, 0.15) is 48.9 Å². The summed E-state index contributed by atoms with van der Waals surface area (Å²) in [6, 6.07) is 4.00. The van der Waals surface area contributed by atoms with Crippen LogP contribution in [0.3, 0.4) is 0 Å². The van der Waals surface area contributed by atoms with E-state index in [4.69, 9.17) is 5.73 Å². The van der Waals surface area contributed by atoms with Crippen LogP contribution in [-0.2, 0) is 10.0 Å². The zero-order valence-corrected chi connectivity index (χ0v) is 20.3. The molecule has 0 unspecified atom stereocenters. The van der Waals surface area contributed by atoms with Crippen LogP contribution < -0.4 is 16.4 Å². The number of primary amides is 1. The number of anilines is 3. The van der Waals surface area contributed by atoms with E-state index in [-0.39, 0.29) is 22.5 Å². The van der Waals surface area contributed by atoms with Crippen molar-refractivity contribution in [1.29, 1.82) is 0 Å². The van der Waals surface area contributed by atoms with Crippen LogP contribution in [0.4, 0.5) is 21.8 Å². The van der Waals surface area contributed by atoms with E-state index >= 15 is 0 Å². The largest absolute Gasteiger partial charge is 0.365 e. The van der Waals surface area contributed by atoms with Gasteiger partial charge in [0.05, 0.1) is 21.0 Å². The number of piperidine rings is 1. The van der Waals surface area contributed by atoms with Crippen molar-refractivity contribution in [3.8, 4) is 0 Å². The Morgan fingerprint density at radius 2 is 1.97 bits per heavy atom. The number of aromatic nitrogens is 2. The standard InChI is InChI=1S/C21H26BrFN6O3S/c22-15-11-25-21(28-20(15)27-17-9-3-8-16(23)18(17)19(24)30)26-13-5-4-10-29(12-13)33(31,32)14-6-1-2-7-14/h3,8-9,11,13-14H,1-2,4-7,10,12H2,(H2,24,30)(H2,25,26,27,28)/t13-/m1/s1. The monoisotopic (exact) mass is 540 g/mol. The van der Waals surface area contributed by atoms with Gasteiger partial charge in [-0.05, 0) is 53.7 Å². The number of hydrogen-bond acceptors (Lipinski definition) is 7. The summed E-state index contributed by atoms with van der Waals surface area (Å²) in [6.45, 7) is 0.886. The number of nitrogens with two attached hydrogens (primary N) is 1. The lowest BCUT2D eigenvalue weighted by atomic mass is 10.1. The highest BCUT2D eigenvalue weighted by molar-refractivity contribution is 9.10. The van der Waals surface area contributed by atoms with Gasteiger partial charge in [-0.1, -0.05) is 18.9 Å². The molecule has 1 amide bonds.